The highest BCUT2D eigenvalue weighted by atomic mass is 32.1. The van der Waals surface area contributed by atoms with Crippen LogP contribution in [0.15, 0.2) is 42.2 Å². The van der Waals surface area contributed by atoms with Crippen molar-refractivity contribution < 1.29 is 28.1 Å². The van der Waals surface area contributed by atoms with E-state index in [1.165, 1.54) is 10.9 Å². The highest BCUT2D eigenvalue weighted by molar-refractivity contribution is 7.09. The Morgan fingerprint density at radius 2 is 1.97 bits per heavy atom. The van der Waals surface area contributed by atoms with Crippen LogP contribution in [0.3, 0.4) is 0 Å². The molecule has 1 aliphatic rings. The maximum atomic E-state index is 13.7. The first-order chi connectivity index (χ1) is 16.4. The van der Waals surface area contributed by atoms with Gasteiger partial charge in [0.2, 0.25) is 0 Å². The molecule has 0 amide bonds. The number of aliphatic hydroxyl groups is 2. The van der Waals surface area contributed by atoms with Gasteiger partial charge in [0.1, 0.15) is 30.3 Å². The fourth-order valence-electron chi connectivity index (χ4n) is 4.02. The molecule has 0 radical (unpaired) electrons. The van der Waals surface area contributed by atoms with Gasteiger partial charge in [-0.1, -0.05) is 11.3 Å². The molecular weight excluding hydrogens is 473 g/mol. The summed E-state index contributed by atoms with van der Waals surface area (Å²) in [5.74, 6) is -3.75. The van der Waals surface area contributed by atoms with E-state index in [1.54, 1.807) is 17.7 Å². The molecule has 1 aliphatic heterocycles. The Labute approximate surface area is 195 Å². The van der Waals surface area contributed by atoms with E-state index in [2.05, 4.69) is 20.5 Å². The van der Waals surface area contributed by atoms with Crippen LogP contribution in [0.1, 0.15) is 29.3 Å². The van der Waals surface area contributed by atoms with Crippen LogP contribution in [0, 0.1) is 17.5 Å². The van der Waals surface area contributed by atoms with Gasteiger partial charge in [0, 0.05) is 16.9 Å². The van der Waals surface area contributed by atoms with Crippen LogP contribution in [0.5, 0.6) is 0 Å². The number of hydrogen-bond donors (Lipinski definition) is 2. The van der Waals surface area contributed by atoms with Gasteiger partial charge in [-0.15, -0.1) is 26.6 Å². The minimum atomic E-state index is -1.57. The van der Waals surface area contributed by atoms with Crippen molar-refractivity contribution in [3.63, 3.8) is 0 Å². The molecule has 34 heavy (non-hydrogen) atoms. The molecule has 1 fully saturated rings. The van der Waals surface area contributed by atoms with Crippen molar-refractivity contribution in [2.75, 3.05) is 6.61 Å². The lowest BCUT2D eigenvalue weighted by Crippen LogP contribution is -2.45. The molecule has 5 rings (SSSR count). The number of thiophene rings is 1. The number of aliphatic hydroxyl groups excluding tert-OH is 2. The van der Waals surface area contributed by atoms with Crippen molar-refractivity contribution in [3.8, 4) is 11.3 Å². The Bertz CT molecular complexity index is 1260. The Kier molecular flexibility index (Phi) is 6.16. The summed E-state index contributed by atoms with van der Waals surface area (Å²) in [5.41, 5.74) is 0.0876. The van der Waals surface area contributed by atoms with Gasteiger partial charge in [0.05, 0.1) is 25.4 Å². The van der Waals surface area contributed by atoms with Crippen LogP contribution in [-0.4, -0.2) is 58.8 Å². The Morgan fingerprint density at radius 3 is 2.68 bits per heavy atom. The molecule has 4 aromatic rings. The first-order valence-electron chi connectivity index (χ1n) is 10.4. The highest BCUT2D eigenvalue weighted by Gasteiger charge is 2.41. The summed E-state index contributed by atoms with van der Waals surface area (Å²) < 4.78 is 49.7. The highest BCUT2D eigenvalue weighted by Crippen LogP contribution is 2.37. The maximum Gasteiger partial charge on any atom is 0.194 e. The zero-order chi connectivity index (χ0) is 23.8. The molecule has 0 aliphatic carbocycles. The van der Waals surface area contributed by atoms with E-state index in [0.29, 0.717) is 12.4 Å². The van der Waals surface area contributed by atoms with Gasteiger partial charge >= 0.3 is 0 Å². The molecule has 3 aromatic heterocycles. The number of hydrogen-bond acceptors (Lipinski definition) is 8. The first kappa shape index (κ1) is 22.7. The molecule has 4 heterocycles. The molecule has 0 spiro atoms. The summed E-state index contributed by atoms with van der Waals surface area (Å²) in [5, 5.41) is 38.7. The molecule has 4 unspecified atom stereocenters. The van der Waals surface area contributed by atoms with E-state index in [0.717, 1.165) is 17.0 Å². The predicted molar refractivity (Wildman–Crippen MR) is 113 cm³/mol. The van der Waals surface area contributed by atoms with Crippen molar-refractivity contribution in [2.45, 2.75) is 37.3 Å². The standard InChI is InChI=1S/C21H19F3N6O3S/c22-13-4-11(5-14(23)19(13)24)15-8-30(28-26-15)16-6-17(33-18(9-31)20(16)32)21-27-25-10-29(21)7-12-2-1-3-34-12/h1-5,8,10,16-18,20,31-32H,6-7,9H2. The lowest BCUT2D eigenvalue weighted by molar-refractivity contribution is -0.161. The Balaban J connectivity index is 1.43. The van der Waals surface area contributed by atoms with Gasteiger partial charge in [-0.25, -0.2) is 17.9 Å². The van der Waals surface area contributed by atoms with Crippen molar-refractivity contribution in [1.29, 1.82) is 0 Å². The Morgan fingerprint density at radius 1 is 1.18 bits per heavy atom. The minimum absolute atomic E-state index is 0.00449. The van der Waals surface area contributed by atoms with Gasteiger partial charge in [0.15, 0.2) is 23.3 Å². The van der Waals surface area contributed by atoms with E-state index in [1.807, 2.05) is 22.1 Å². The number of aromatic nitrogens is 6. The average Bonchev–Trinajstić information content (AvgIpc) is 3.60. The number of rotatable bonds is 6. The van der Waals surface area contributed by atoms with E-state index in [9.17, 15) is 23.4 Å². The molecule has 0 bridgehead atoms. The predicted octanol–water partition coefficient (Wildman–Crippen LogP) is 2.49. The third-order valence-corrected chi connectivity index (χ3v) is 6.58. The second kappa shape index (κ2) is 9.25. The van der Waals surface area contributed by atoms with Crippen LogP contribution in [0.25, 0.3) is 11.3 Å². The maximum absolute atomic E-state index is 13.7. The molecule has 1 saturated heterocycles. The van der Waals surface area contributed by atoms with E-state index in [4.69, 9.17) is 4.74 Å². The Hall–Kier alpha value is -3.13. The number of nitrogens with zero attached hydrogens (tertiary/aromatic N) is 6. The van der Waals surface area contributed by atoms with Gasteiger partial charge in [0.25, 0.3) is 0 Å². The summed E-state index contributed by atoms with van der Waals surface area (Å²) in [6.07, 6.45) is 0.483. The van der Waals surface area contributed by atoms with Crippen molar-refractivity contribution in [3.05, 3.63) is 70.3 Å². The molecular formula is C21H19F3N6O3S. The zero-order valence-electron chi connectivity index (χ0n) is 17.5. The van der Waals surface area contributed by atoms with Crippen LogP contribution in [-0.2, 0) is 11.3 Å². The third-order valence-electron chi connectivity index (χ3n) is 5.72. The van der Waals surface area contributed by atoms with Gasteiger partial charge in [-0.2, -0.15) is 0 Å². The largest absolute Gasteiger partial charge is 0.394 e. The zero-order valence-corrected chi connectivity index (χ0v) is 18.3. The molecule has 4 atom stereocenters. The summed E-state index contributed by atoms with van der Waals surface area (Å²) >= 11 is 1.59. The monoisotopic (exact) mass is 492 g/mol. The smallest absolute Gasteiger partial charge is 0.194 e. The topological polar surface area (TPSA) is 111 Å². The number of ether oxygens (including phenoxy) is 1. The average molecular weight is 492 g/mol. The lowest BCUT2D eigenvalue weighted by atomic mass is 9.95. The fraction of sp³-hybridized carbons (Fsp3) is 0.333. The third kappa shape index (κ3) is 4.22. The fourth-order valence-corrected chi connectivity index (χ4v) is 4.72. The molecule has 1 aromatic carbocycles. The van der Waals surface area contributed by atoms with Gasteiger partial charge in [-0.3, -0.25) is 0 Å². The number of benzene rings is 1. The molecule has 178 valence electrons. The second-order valence-corrected chi connectivity index (χ2v) is 8.91. The SMILES string of the molecule is OCC1OC(c2nncn2Cc2cccs2)CC(n2cc(-c3cc(F)c(F)c(F)c3)nn2)C1O. The van der Waals surface area contributed by atoms with Crippen LogP contribution in [0.2, 0.25) is 0 Å². The molecule has 13 heteroatoms. The summed E-state index contributed by atoms with van der Waals surface area (Å²) in [6, 6.07) is 4.87. The van der Waals surface area contributed by atoms with Crippen molar-refractivity contribution >= 4 is 11.3 Å². The minimum Gasteiger partial charge on any atom is -0.394 e. The van der Waals surface area contributed by atoms with Crippen molar-refractivity contribution in [1.82, 2.24) is 29.8 Å². The van der Waals surface area contributed by atoms with Gasteiger partial charge < -0.3 is 19.5 Å². The quantitative estimate of drug-likeness (QED) is 0.398. The summed E-state index contributed by atoms with van der Waals surface area (Å²) in [7, 11) is 0. The first-order valence-corrected chi connectivity index (χ1v) is 11.2. The molecule has 2 N–H and O–H groups in total. The molecule has 9 nitrogen and oxygen atoms in total. The normalized spacial score (nSPS) is 22.9. The molecule has 0 saturated carbocycles. The van der Waals surface area contributed by atoms with E-state index < -0.39 is 48.4 Å². The second-order valence-electron chi connectivity index (χ2n) is 7.87. The lowest BCUT2D eigenvalue weighted by Gasteiger charge is -2.38. The van der Waals surface area contributed by atoms with E-state index in [-0.39, 0.29) is 17.7 Å². The summed E-state index contributed by atoms with van der Waals surface area (Å²) in [6.45, 7) is 0.0786. The van der Waals surface area contributed by atoms with Crippen molar-refractivity contribution in [2.24, 2.45) is 0 Å². The van der Waals surface area contributed by atoms with Crippen LogP contribution >= 0.6 is 11.3 Å². The van der Waals surface area contributed by atoms with E-state index >= 15 is 0 Å². The van der Waals surface area contributed by atoms with Crippen LogP contribution < -0.4 is 0 Å². The number of halogens is 3. The van der Waals surface area contributed by atoms with Gasteiger partial charge in [-0.05, 0) is 23.6 Å². The summed E-state index contributed by atoms with van der Waals surface area (Å²) in [4.78, 5) is 1.09. The van der Waals surface area contributed by atoms with Crippen LogP contribution in [0.4, 0.5) is 13.2 Å².